The van der Waals surface area contributed by atoms with E-state index in [1.807, 2.05) is 44.2 Å². The van der Waals surface area contributed by atoms with Crippen LogP contribution < -0.4 is 21.3 Å². The minimum Gasteiger partial charge on any atom is -0.448 e. The normalized spacial score (nSPS) is 24.3. The predicted octanol–water partition coefficient (Wildman–Crippen LogP) is 1.25. The van der Waals surface area contributed by atoms with Crippen molar-refractivity contribution in [2.75, 3.05) is 26.2 Å². The molecule has 0 unspecified atom stereocenters. The second kappa shape index (κ2) is 15.0. The summed E-state index contributed by atoms with van der Waals surface area (Å²) in [4.78, 5) is 91.0. The monoisotopic (exact) mass is 704 g/mol. The molecule has 6 rings (SSSR count). The number of nitrogens with one attached hydrogen (secondary N) is 4. The Hall–Kier alpha value is -5.74. The van der Waals surface area contributed by atoms with E-state index >= 15 is 0 Å². The van der Waals surface area contributed by atoms with Crippen LogP contribution in [0.15, 0.2) is 51.7 Å². The first kappa shape index (κ1) is 35.1. The third-order valence-electron chi connectivity index (χ3n) is 8.86. The van der Waals surface area contributed by atoms with E-state index in [9.17, 15) is 28.8 Å². The highest BCUT2D eigenvalue weighted by molar-refractivity contribution is 5.97. The summed E-state index contributed by atoms with van der Waals surface area (Å²) in [6.45, 7) is 5.60. The smallest absolute Gasteiger partial charge is 0.410 e. The lowest BCUT2D eigenvalue weighted by Crippen LogP contribution is -2.48. The third kappa shape index (κ3) is 8.19. The highest BCUT2D eigenvalue weighted by Gasteiger charge is 2.43. The quantitative estimate of drug-likeness (QED) is 0.274. The minimum absolute atomic E-state index is 0.0362. The zero-order valence-corrected chi connectivity index (χ0v) is 28.4. The van der Waals surface area contributed by atoms with Gasteiger partial charge in [-0.3, -0.25) is 28.9 Å². The van der Waals surface area contributed by atoms with Crippen LogP contribution >= 0.6 is 0 Å². The molecule has 0 saturated carbocycles. The molecule has 2 aromatic heterocycles. The van der Waals surface area contributed by atoms with Gasteiger partial charge in [-0.1, -0.05) is 44.2 Å². The Morgan fingerprint density at radius 2 is 1.67 bits per heavy atom. The first-order valence-electron chi connectivity index (χ1n) is 16.8. The summed E-state index contributed by atoms with van der Waals surface area (Å²) in [5, 5.41) is 11.3. The molecule has 3 aromatic rings. The number of carbonyl (C=O) groups excluding carboxylic acids is 6. The Morgan fingerprint density at radius 3 is 2.39 bits per heavy atom. The summed E-state index contributed by atoms with van der Waals surface area (Å²) in [5.41, 5.74) is 0.631. The molecule has 0 spiro atoms. The first-order valence-corrected chi connectivity index (χ1v) is 16.8. The van der Waals surface area contributed by atoms with Crippen molar-refractivity contribution in [2.45, 2.75) is 70.2 Å². The van der Waals surface area contributed by atoms with Crippen LogP contribution in [0.25, 0.3) is 0 Å². The van der Waals surface area contributed by atoms with Crippen LogP contribution in [0.4, 0.5) is 4.79 Å². The van der Waals surface area contributed by atoms with Gasteiger partial charge in [-0.2, -0.15) is 0 Å². The van der Waals surface area contributed by atoms with E-state index in [-0.39, 0.29) is 68.2 Å². The highest BCUT2D eigenvalue weighted by Crippen LogP contribution is 2.25. The molecule has 51 heavy (non-hydrogen) atoms. The molecular formula is C34H40N8O9. The number of aromatic nitrogens is 2. The highest BCUT2D eigenvalue weighted by atomic mass is 16.6. The standard InChI is InChI=1S/C34H40N8O9/c1-18(2)11-22-28(44)35-19(3)31-40-25(17-50-31)33(47)42-14-21(36-27(43)15-41-9-10-49-34(41)48)13-26(42)30(46)38-23(12-20-7-5-4-6-8-20)32-39-24(16-51-32)29(45)37-22/h4-8,16-19,21-23,26H,9-15H2,1-3H3,(H,35,44)(H,36,43)(H,37,45)(H,38,46)/t19-,21+,22-,23+,26+/m1/s1. The van der Waals surface area contributed by atoms with Crippen molar-refractivity contribution in [1.82, 2.24) is 41.0 Å². The van der Waals surface area contributed by atoms with Crippen molar-refractivity contribution in [3.63, 3.8) is 0 Å². The van der Waals surface area contributed by atoms with Crippen LogP contribution in [0, 0.1) is 5.92 Å². The van der Waals surface area contributed by atoms with Crippen molar-refractivity contribution in [2.24, 2.45) is 5.92 Å². The summed E-state index contributed by atoms with van der Waals surface area (Å²) >= 11 is 0. The number of nitrogens with zero attached hydrogens (tertiary/aromatic N) is 4. The van der Waals surface area contributed by atoms with Crippen molar-refractivity contribution in [3.8, 4) is 0 Å². The van der Waals surface area contributed by atoms with Crippen molar-refractivity contribution in [3.05, 3.63) is 71.6 Å². The average Bonchev–Trinajstić information content (AvgIpc) is 3.92. The molecule has 3 aliphatic heterocycles. The second-order valence-corrected chi connectivity index (χ2v) is 13.3. The molecule has 3 aliphatic rings. The maximum Gasteiger partial charge on any atom is 0.410 e. The van der Waals surface area contributed by atoms with Gasteiger partial charge in [0.15, 0.2) is 11.4 Å². The number of hydrogen-bond donors (Lipinski definition) is 4. The van der Waals surface area contributed by atoms with Gasteiger partial charge >= 0.3 is 6.09 Å². The summed E-state index contributed by atoms with van der Waals surface area (Å²) in [7, 11) is 0. The first-order chi connectivity index (χ1) is 24.4. The van der Waals surface area contributed by atoms with Gasteiger partial charge in [0.25, 0.3) is 11.8 Å². The number of ether oxygens (including phenoxy) is 1. The van der Waals surface area contributed by atoms with Crippen LogP contribution in [0.5, 0.6) is 0 Å². The number of oxazole rings is 2. The van der Waals surface area contributed by atoms with Crippen LogP contribution in [0.3, 0.4) is 0 Å². The zero-order valence-electron chi connectivity index (χ0n) is 28.4. The molecule has 5 atom stereocenters. The number of benzene rings is 1. The maximum absolute atomic E-state index is 14.1. The molecular weight excluding hydrogens is 664 g/mol. The minimum atomic E-state index is -1.08. The Morgan fingerprint density at radius 1 is 0.941 bits per heavy atom. The zero-order chi connectivity index (χ0) is 36.2. The number of amides is 6. The van der Waals surface area contributed by atoms with Gasteiger partial charge in [-0.15, -0.1) is 0 Å². The van der Waals surface area contributed by atoms with Crippen molar-refractivity contribution >= 4 is 35.6 Å². The lowest BCUT2D eigenvalue weighted by Gasteiger charge is -2.25. The fourth-order valence-electron chi connectivity index (χ4n) is 6.34. The summed E-state index contributed by atoms with van der Waals surface area (Å²) < 4.78 is 16.3. The average molecular weight is 705 g/mol. The van der Waals surface area contributed by atoms with Gasteiger partial charge in [0.1, 0.15) is 49.8 Å². The molecule has 0 radical (unpaired) electrons. The Labute approximate surface area is 292 Å². The summed E-state index contributed by atoms with van der Waals surface area (Å²) in [5.74, 6) is -2.69. The van der Waals surface area contributed by atoms with E-state index in [0.717, 1.165) is 18.1 Å². The van der Waals surface area contributed by atoms with Gasteiger partial charge < -0.3 is 39.7 Å². The van der Waals surface area contributed by atoms with Crippen molar-refractivity contribution in [1.29, 1.82) is 0 Å². The number of cyclic esters (lactones) is 1. The van der Waals surface area contributed by atoms with E-state index in [1.165, 1.54) is 9.80 Å². The number of hydrogen-bond acceptors (Lipinski definition) is 11. The van der Waals surface area contributed by atoms with Gasteiger partial charge in [0, 0.05) is 19.0 Å². The van der Waals surface area contributed by atoms with Crippen molar-refractivity contribution < 1.29 is 42.3 Å². The van der Waals surface area contributed by atoms with Crippen LogP contribution in [-0.2, 0) is 25.5 Å². The molecule has 6 amide bonds. The molecule has 1 aromatic carbocycles. The predicted molar refractivity (Wildman–Crippen MR) is 176 cm³/mol. The second-order valence-electron chi connectivity index (χ2n) is 13.3. The summed E-state index contributed by atoms with van der Waals surface area (Å²) in [6, 6.07) is 4.91. The molecule has 2 fully saturated rings. The maximum atomic E-state index is 14.1. The number of rotatable bonds is 7. The number of fused-ring (bicyclic) bond motifs is 5. The lowest BCUT2D eigenvalue weighted by molar-refractivity contribution is -0.126. The van der Waals surface area contributed by atoms with Gasteiger partial charge in [-0.05, 0) is 31.2 Å². The van der Waals surface area contributed by atoms with E-state index in [4.69, 9.17) is 13.6 Å². The molecule has 270 valence electrons. The van der Waals surface area contributed by atoms with E-state index in [2.05, 4.69) is 31.2 Å². The fourth-order valence-corrected chi connectivity index (χ4v) is 6.34. The Balaban J connectivity index is 1.32. The molecule has 0 aliphatic carbocycles. The molecule has 17 heteroatoms. The fraction of sp³-hybridized carbons (Fsp3) is 0.471. The van der Waals surface area contributed by atoms with Gasteiger partial charge in [-0.25, -0.2) is 14.8 Å². The lowest BCUT2D eigenvalue weighted by atomic mass is 10.0. The van der Waals surface area contributed by atoms with Gasteiger partial charge in [0.05, 0.1) is 6.54 Å². The summed E-state index contributed by atoms with van der Waals surface area (Å²) in [6.07, 6.45) is 2.29. The number of carbonyl (C=O) groups is 6. The van der Waals surface area contributed by atoms with Crippen LogP contribution in [-0.4, -0.2) is 99.8 Å². The van der Waals surface area contributed by atoms with Crippen LogP contribution in [0.1, 0.15) is 84.0 Å². The molecule has 5 heterocycles. The van der Waals surface area contributed by atoms with Gasteiger partial charge in [0.2, 0.25) is 29.5 Å². The van der Waals surface area contributed by atoms with E-state index < -0.39 is 65.8 Å². The Kier molecular flexibility index (Phi) is 10.3. The molecule has 4 bridgehead atoms. The molecule has 2 saturated heterocycles. The third-order valence-corrected chi connectivity index (χ3v) is 8.86. The molecule has 4 N–H and O–H groups in total. The van der Waals surface area contributed by atoms with E-state index in [0.29, 0.717) is 6.42 Å². The van der Waals surface area contributed by atoms with E-state index in [1.54, 1.807) is 6.92 Å². The Bertz CT molecular complexity index is 1790. The SMILES string of the molecule is CC(C)C[C@H]1NC(=O)c2coc(n2)[C@H](Cc2ccccc2)NC(=O)[C@@H]2C[C@H](NC(=O)CN3CCOC3=O)CN2C(=O)c2coc(n2)[C@@H](C)NC1=O. The molecule has 17 nitrogen and oxygen atoms in total. The topological polar surface area (TPSA) is 218 Å². The van der Waals surface area contributed by atoms with Crippen LogP contribution in [0.2, 0.25) is 0 Å². The largest absolute Gasteiger partial charge is 0.448 e.